The molecule has 0 bridgehead atoms. The second-order valence-corrected chi connectivity index (χ2v) is 5.78. The SMILES string of the molecule is CSC1CCCC1Nc1nc2cc(N)ccc2o1. The minimum Gasteiger partial charge on any atom is -0.424 e. The van der Waals surface area contributed by atoms with Crippen molar-refractivity contribution in [2.45, 2.75) is 30.6 Å². The number of fused-ring (bicyclic) bond motifs is 1. The Labute approximate surface area is 110 Å². The van der Waals surface area contributed by atoms with Crippen LogP contribution in [0.2, 0.25) is 0 Å². The van der Waals surface area contributed by atoms with Gasteiger partial charge in [0.25, 0.3) is 6.01 Å². The van der Waals surface area contributed by atoms with Crippen LogP contribution in [0.1, 0.15) is 19.3 Å². The van der Waals surface area contributed by atoms with Gasteiger partial charge < -0.3 is 15.5 Å². The van der Waals surface area contributed by atoms with Crippen molar-refractivity contribution in [3.8, 4) is 0 Å². The Kier molecular flexibility index (Phi) is 3.07. The molecular weight excluding hydrogens is 246 g/mol. The Morgan fingerprint density at radius 3 is 3.17 bits per heavy atom. The molecule has 0 aliphatic heterocycles. The van der Waals surface area contributed by atoms with Crippen LogP contribution in [-0.4, -0.2) is 22.5 Å². The van der Waals surface area contributed by atoms with Crippen molar-refractivity contribution >= 4 is 34.6 Å². The van der Waals surface area contributed by atoms with Crippen molar-refractivity contribution in [2.24, 2.45) is 0 Å². The molecule has 2 aromatic rings. The van der Waals surface area contributed by atoms with Gasteiger partial charge in [0.1, 0.15) is 5.52 Å². The molecule has 1 aromatic heterocycles. The second kappa shape index (κ2) is 4.72. The third-order valence-corrected chi connectivity index (χ3v) is 4.65. The minimum atomic E-state index is 0.463. The van der Waals surface area contributed by atoms with Gasteiger partial charge in [0.15, 0.2) is 5.58 Å². The van der Waals surface area contributed by atoms with Crippen molar-refractivity contribution in [1.29, 1.82) is 0 Å². The highest BCUT2D eigenvalue weighted by Gasteiger charge is 2.27. The van der Waals surface area contributed by atoms with Crippen LogP contribution in [0.4, 0.5) is 11.7 Å². The molecule has 2 unspecified atom stereocenters. The molecule has 0 spiro atoms. The summed E-state index contributed by atoms with van der Waals surface area (Å²) in [5, 5.41) is 4.07. The van der Waals surface area contributed by atoms with Gasteiger partial charge in [-0.15, -0.1) is 0 Å². The first kappa shape index (κ1) is 11.7. The van der Waals surface area contributed by atoms with Gasteiger partial charge in [-0.3, -0.25) is 0 Å². The Hall–Kier alpha value is -1.36. The van der Waals surface area contributed by atoms with E-state index >= 15 is 0 Å². The molecule has 18 heavy (non-hydrogen) atoms. The second-order valence-electron chi connectivity index (χ2n) is 4.70. The van der Waals surface area contributed by atoms with E-state index in [9.17, 15) is 0 Å². The zero-order valence-electron chi connectivity index (χ0n) is 10.3. The van der Waals surface area contributed by atoms with Gasteiger partial charge in [0, 0.05) is 17.0 Å². The van der Waals surface area contributed by atoms with E-state index in [1.54, 1.807) is 0 Å². The summed E-state index contributed by atoms with van der Waals surface area (Å²) < 4.78 is 5.69. The molecule has 1 fully saturated rings. The smallest absolute Gasteiger partial charge is 0.295 e. The van der Waals surface area contributed by atoms with Crippen LogP contribution in [-0.2, 0) is 0 Å². The lowest BCUT2D eigenvalue weighted by atomic mass is 10.2. The van der Waals surface area contributed by atoms with Crippen LogP contribution in [0.5, 0.6) is 0 Å². The number of hydrogen-bond donors (Lipinski definition) is 2. The first-order valence-electron chi connectivity index (χ1n) is 6.21. The quantitative estimate of drug-likeness (QED) is 0.833. The highest BCUT2D eigenvalue weighted by Crippen LogP contribution is 2.31. The summed E-state index contributed by atoms with van der Waals surface area (Å²) in [5.41, 5.74) is 8.05. The average molecular weight is 263 g/mol. The number of nitrogens with zero attached hydrogens (tertiary/aromatic N) is 1. The van der Waals surface area contributed by atoms with Crippen LogP contribution in [0, 0.1) is 0 Å². The van der Waals surface area contributed by atoms with Crippen LogP contribution < -0.4 is 11.1 Å². The summed E-state index contributed by atoms with van der Waals surface area (Å²) in [6, 6.07) is 6.61. The number of aromatic nitrogens is 1. The van der Waals surface area contributed by atoms with Crippen molar-refractivity contribution in [3.05, 3.63) is 18.2 Å². The number of rotatable bonds is 3. The van der Waals surface area contributed by atoms with Gasteiger partial charge in [-0.2, -0.15) is 16.7 Å². The van der Waals surface area contributed by atoms with Crippen LogP contribution >= 0.6 is 11.8 Å². The van der Waals surface area contributed by atoms with Crippen molar-refractivity contribution in [3.63, 3.8) is 0 Å². The molecule has 5 heteroatoms. The number of nitrogen functional groups attached to an aromatic ring is 1. The van der Waals surface area contributed by atoms with E-state index in [0.29, 0.717) is 23.0 Å². The number of nitrogens with one attached hydrogen (secondary N) is 1. The maximum absolute atomic E-state index is 5.73. The standard InChI is InChI=1S/C13H17N3OS/c1-18-12-4-2-3-9(12)15-13-16-10-7-8(14)5-6-11(10)17-13/h5-7,9,12H,2-4,14H2,1H3,(H,15,16). The monoisotopic (exact) mass is 263 g/mol. The summed E-state index contributed by atoms with van der Waals surface area (Å²) in [5.74, 6) is 0. The third-order valence-electron chi connectivity index (χ3n) is 3.48. The molecule has 1 heterocycles. The molecular formula is C13H17N3OS. The Balaban J connectivity index is 1.82. The van der Waals surface area contributed by atoms with E-state index in [0.717, 1.165) is 11.1 Å². The fraction of sp³-hybridized carbons (Fsp3) is 0.462. The number of benzene rings is 1. The molecule has 1 aromatic carbocycles. The Morgan fingerprint density at radius 2 is 2.33 bits per heavy atom. The average Bonchev–Trinajstić information content (AvgIpc) is 2.94. The normalized spacial score (nSPS) is 23.6. The molecule has 0 saturated heterocycles. The van der Waals surface area contributed by atoms with Gasteiger partial charge in [-0.25, -0.2) is 0 Å². The van der Waals surface area contributed by atoms with Gasteiger partial charge in [0.2, 0.25) is 0 Å². The fourth-order valence-corrected chi connectivity index (χ4v) is 3.47. The first-order chi connectivity index (χ1) is 8.76. The number of nitrogens with two attached hydrogens (primary N) is 1. The number of thioether (sulfide) groups is 1. The summed E-state index contributed by atoms with van der Waals surface area (Å²) in [4.78, 5) is 4.44. The van der Waals surface area contributed by atoms with E-state index < -0.39 is 0 Å². The maximum atomic E-state index is 5.73. The minimum absolute atomic E-state index is 0.463. The zero-order valence-corrected chi connectivity index (χ0v) is 11.2. The summed E-state index contributed by atoms with van der Waals surface area (Å²) in [7, 11) is 0. The lowest BCUT2D eigenvalue weighted by Gasteiger charge is -2.17. The van der Waals surface area contributed by atoms with Crippen molar-refractivity contribution in [1.82, 2.24) is 4.98 Å². The molecule has 1 aliphatic carbocycles. The van der Waals surface area contributed by atoms with Gasteiger partial charge in [-0.1, -0.05) is 6.42 Å². The summed E-state index contributed by atoms with van der Waals surface area (Å²) in [6.07, 6.45) is 5.90. The Morgan fingerprint density at radius 1 is 1.44 bits per heavy atom. The molecule has 0 amide bonds. The largest absolute Gasteiger partial charge is 0.424 e. The van der Waals surface area contributed by atoms with Gasteiger partial charge in [0.05, 0.1) is 0 Å². The van der Waals surface area contributed by atoms with Crippen LogP contribution in [0.15, 0.2) is 22.6 Å². The lowest BCUT2D eigenvalue weighted by molar-refractivity contribution is 0.596. The summed E-state index contributed by atoms with van der Waals surface area (Å²) >= 11 is 1.92. The Bertz CT molecular complexity index is 554. The van der Waals surface area contributed by atoms with E-state index in [1.807, 2.05) is 30.0 Å². The molecule has 96 valence electrons. The van der Waals surface area contributed by atoms with Crippen LogP contribution in [0.3, 0.4) is 0 Å². The molecule has 1 aliphatic rings. The van der Waals surface area contributed by atoms with Crippen molar-refractivity contribution in [2.75, 3.05) is 17.3 Å². The molecule has 2 atom stereocenters. The van der Waals surface area contributed by atoms with E-state index in [4.69, 9.17) is 10.2 Å². The third kappa shape index (κ3) is 2.14. The molecule has 3 N–H and O–H groups in total. The predicted molar refractivity (Wildman–Crippen MR) is 77.0 cm³/mol. The fourth-order valence-electron chi connectivity index (χ4n) is 2.54. The van der Waals surface area contributed by atoms with E-state index in [2.05, 4.69) is 16.6 Å². The number of oxazole rings is 1. The topological polar surface area (TPSA) is 64.1 Å². The lowest BCUT2D eigenvalue weighted by Crippen LogP contribution is -2.25. The number of anilines is 2. The summed E-state index contributed by atoms with van der Waals surface area (Å²) in [6.45, 7) is 0. The molecule has 3 rings (SSSR count). The van der Waals surface area contributed by atoms with Gasteiger partial charge >= 0.3 is 0 Å². The zero-order chi connectivity index (χ0) is 12.5. The van der Waals surface area contributed by atoms with E-state index in [-0.39, 0.29) is 0 Å². The molecule has 1 saturated carbocycles. The highest BCUT2D eigenvalue weighted by molar-refractivity contribution is 7.99. The first-order valence-corrected chi connectivity index (χ1v) is 7.50. The number of hydrogen-bond acceptors (Lipinski definition) is 5. The van der Waals surface area contributed by atoms with Gasteiger partial charge in [-0.05, 0) is 37.3 Å². The highest BCUT2D eigenvalue weighted by atomic mass is 32.2. The van der Waals surface area contributed by atoms with Crippen molar-refractivity contribution < 1.29 is 4.42 Å². The maximum Gasteiger partial charge on any atom is 0.295 e. The van der Waals surface area contributed by atoms with Crippen LogP contribution in [0.25, 0.3) is 11.1 Å². The van der Waals surface area contributed by atoms with E-state index in [1.165, 1.54) is 19.3 Å². The predicted octanol–water partition coefficient (Wildman–Crippen LogP) is 3.11. The molecule has 0 radical (unpaired) electrons. The molecule has 4 nitrogen and oxygen atoms in total.